The minimum Gasteiger partial charge on any atom is -0.456 e. The van der Waals surface area contributed by atoms with E-state index < -0.39 is 0 Å². The van der Waals surface area contributed by atoms with Crippen LogP contribution in [0.15, 0.2) is 217 Å². The van der Waals surface area contributed by atoms with Crippen LogP contribution in [0.1, 0.15) is 52.7 Å². The van der Waals surface area contributed by atoms with Gasteiger partial charge in [-0.2, -0.15) is 0 Å². The summed E-state index contributed by atoms with van der Waals surface area (Å²) in [6.07, 6.45) is 0. The molecule has 2 nitrogen and oxygen atoms in total. The Morgan fingerprint density at radius 2 is 0.833 bits per heavy atom. The molecule has 1 aromatic heterocycles. The predicted molar refractivity (Wildman–Crippen MR) is 283 cm³/mol. The van der Waals surface area contributed by atoms with Crippen LogP contribution in [0.5, 0.6) is 0 Å². The van der Waals surface area contributed by atoms with Gasteiger partial charge in [0.05, 0.1) is 11.4 Å². The van der Waals surface area contributed by atoms with E-state index in [9.17, 15) is 0 Å². The van der Waals surface area contributed by atoms with Crippen molar-refractivity contribution >= 4 is 60.5 Å². The molecule has 0 aliphatic rings. The number of nitrogens with zero attached hydrogens (tertiary/aromatic N) is 1. The van der Waals surface area contributed by atoms with Crippen LogP contribution in [0.3, 0.4) is 0 Å². The molecule has 0 aliphatic carbocycles. The fourth-order valence-electron chi connectivity index (χ4n) is 9.82. The normalized spacial score (nSPS) is 12.1. The molecule has 10 aromatic carbocycles. The van der Waals surface area contributed by atoms with Crippen molar-refractivity contribution in [1.82, 2.24) is 0 Å². The molecule has 11 rings (SSSR count). The first-order chi connectivity index (χ1) is 32.0. The summed E-state index contributed by atoms with van der Waals surface area (Å²) in [4.78, 5) is 2.47. The molecular weight excluding hydrogens is 799 g/mol. The SMILES string of the molecule is CC(C)(C)c1cc(-c2cccc3cccc(-c4ccccc4N(c4ccc(-c5ccc6c(c5)oc5ccccc56)cc4)c4ccccc4-c4cccc5ccccc45)c23)cc(C(C)(C)C)c1. The van der Waals surface area contributed by atoms with Crippen molar-refractivity contribution < 1.29 is 4.42 Å². The van der Waals surface area contributed by atoms with E-state index in [1.807, 2.05) is 12.1 Å². The fraction of sp³-hybridized carbons (Fsp3) is 0.125. The van der Waals surface area contributed by atoms with Gasteiger partial charge in [0.15, 0.2) is 0 Å². The van der Waals surface area contributed by atoms with E-state index in [1.54, 1.807) is 0 Å². The largest absolute Gasteiger partial charge is 0.456 e. The van der Waals surface area contributed by atoms with Crippen molar-refractivity contribution in [2.75, 3.05) is 4.90 Å². The van der Waals surface area contributed by atoms with Crippen molar-refractivity contribution in [2.45, 2.75) is 52.4 Å². The standard InChI is InChI=1S/C64H53NO/c1-63(2,3)47-38-46(39-48(41-47)64(4,5)6)51-26-16-20-44-21-17-28-57(62(44)51)54-24-10-13-30-59(54)65(58-29-12-9-23-53(58)52-27-15-19-43-18-7-8-22-50(43)52)49-35-32-42(33-36-49)45-34-37-56-55-25-11-14-31-60(55)66-61(56)40-45/h7-41H,1-6H3. The third-order valence-electron chi connectivity index (χ3n) is 13.4. The summed E-state index contributed by atoms with van der Waals surface area (Å²) >= 11 is 0. The minimum atomic E-state index is -0.0102. The van der Waals surface area contributed by atoms with Crippen LogP contribution in [-0.2, 0) is 10.8 Å². The first-order valence-electron chi connectivity index (χ1n) is 23.2. The highest BCUT2D eigenvalue weighted by atomic mass is 16.3. The van der Waals surface area contributed by atoms with Crippen molar-refractivity contribution in [2.24, 2.45) is 0 Å². The summed E-state index contributed by atoms with van der Waals surface area (Å²) in [5, 5.41) is 7.18. The summed E-state index contributed by atoms with van der Waals surface area (Å²) in [7, 11) is 0. The van der Waals surface area contributed by atoms with Gasteiger partial charge >= 0.3 is 0 Å². The molecule has 0 saturated carbocycles. The van der Waals surface area contributed by atoms with Gasteiger partial charge in [0, 0.05) is 27.6 Å². The second-order valence-corrected chi connectivity index (χ2v) is 19.8. The zero-order valence-corrected chi connectivity index (χ0v) is 38.6. The molecule has 0 atom stereocenters. The fourth-order valence-corrected chi connectivity index (χ4v) is 9.82. The summed E-state index contributed by atoms with van der Waals surface area (Å²) < 4.78 is 6.33. The van der Waals surface area contributed by atoms with Crippen LogP contribution >= 0.6 is 0 Å². The van der Waals surface area contributed by atoms with E-state index in [4.69, 9.17) is 4.42 Å². The molecule has 1 heterocycles. The van der Waals surface area contributed by atoms with E-state index in [-0.39, 0.29) is 10.8 Å². The first kappa shape index (κ1) is 41.1. The van der Waals surface area contributed by atoms with Crippen LogP contribution in [0.4, 0.5) is 17.1 Å². The second kappa shape index (κ2) is 16.1. The summed E-state index contributed by atoms with van der Waals surface area (Å²) in [5.74, 6) is 0. The smallest absolute Gasteiger partial charge is 0.136 e. The molecular formula is C64H53NO. The van der Waals surface area contributed by atoms with Crippen LogP contribution in [0.25, 0.3) is 88.0 Å². The van der Waals surface area contributed by atoms with E-state index in [0.29, 0.717) is 0 Å². The molecule has 0 amide bonds. The van der Waals surface area contributed by atoms with Gasteiger partial charge in [-0.1, -0.05) is 211 Å². The zero-order valence-electron chi connectivity index (χ0n) is 38.6. The van der Waals surface area contributed by atoms with Crippen LogP contribution in [-0.4, -0.2) is 0 Å². The van der Waals surface area contributed by atoms with Gasteiger partial charge in [-0.15, -0.1) is 0 Å². The van der Waals surface area contributed by atoms with E-state index >= 15 is 0 Å². The number of fused-ring (bicyclic) bond motifs is 5. The van der Waals surface area contributed by atoms with Gasteiger partial charge in [0.25, 0.3) is 0 Å². The van der Waals surface area contributed by atoms with E-state index in [0.717, 1.165) is 61.3 Å². The Kier molecular flexibility index (Phi) is 10.0. The van der Waals surface area contributed by atoms with Crippen LogP contribution in [0.2, 0.25) is 0 Å². The van der Waals surface area contributed by atoms with Gasteiger partial charge in [0.2, 0.25) is 0 Å². The Hall–Kier alpha value is -7.68. The average Bonchev–Trinajstić information content (AvgIpc) is 3.71. The maximum atomic E-state index is 6.33. The van der Waals surface area contributed by atoms with Gasteiger partial charge in [0.1, 0.15) is 11.2 Å². The highest BCUT2D eigenvalue weighted by molar-refractivity contribution is 6.10. The van der Waals surface area contributed by atoms with Crippen molar-refractivity contribution in [3.8, 4) is 44.5 Å². The Balaban J connectivity index is 1.13. The number of furan rings is 1. The topological polar surface area (TPSA) is 16.4 Å². The average molecular weight is 852 g/mol. The van der Waals surface area contributed by atoms with Crippen LogP contribution < -0.4 is 4.90 Å². The lowest BCUT2D eigenvalue weighted by molar-refractivity contribution is 0.569. The Labute approximate surface area is 388 Å². The van der Waals surface area contributed by atoms with Gasteiger partial charge < -0.3 is 9.32 Å². The van der Waals surface area contributed by atoms with Crippen molar-refractivity contribution in [3.63, 3.8) is 0 Å². The van der Waals surface area contributed by atoms with Gasteiger partial charge in [-0.25, -0.2) is 0 Å². The highest BCUT2D eigenvalue weighted by Crippen LogP contribution is 2.48. The molecule has 66 heavy (non-hydrogen) atoms. The second-order valence-electron chi connectivity index (χ2n) is 19.8. The Bertz CT molecular complexity index is 3570. The van der Waals surface area contributed by atoms with E-state index in [2.05, 4.69) is 247 Å². The molecule has 0 spiro atoms. The number of para-hydroxylation sites is 3. The molecule has 11 aromatic rings. The third-order valence-corrected chi connectivity index (χ3v) is 13.4. The van der Waals surface area contributed by atoms with E-state index in [1.165, 1.54) is 54.9 Å². The zero-order chi connectivity index (χ0) is 45.2. The molecule has 0 bridgehead atoms. The molecule has 2 heteroatoms. The Morgan fingerprint density at radius 1 is 0.333 bits per heavy atom. The van der Waals surface area contributed by atoms with Crippen molar-refractivity contribution in [3.05, 3.63) is 223 Å². The van der Waals surface area contributed by atoms with Gasteiger partial charge in [-0.05, 0) is 119 Å². The van der Waals surface area contributed by atoms with Crippen LogP contribution in [0, 0.1) is 0 Å². The lowest BCUT2D eigenvalue weighted by Gasteiger charge is -2.30. The molecule has 0 fully saturated rings. The number of rotatable bonds is 7. The summed E-state index contributed by atoms with van der Waals surface area (Å²) in [6, 6.07) is 77.9. The highest BCUT2D eigenvalue weighted by Gasteiger charge is 2.25. The lowest BCUT2D eigenvalue weighted by Crippen LogP contribution is -2.16. The maximum Gasteiger partial charge on any atom is 0.136 e. The maximum absolute atomic E-state index is 6.33. The number of hydrogen-bond acceptors (Lipinski definition) is 2. The molecule has 0 unspecified atom stereocenters. The first-order valence-corrected chi connectivity index (χ1v) is 23.2. The third kappa shape index (κ3) is 7.33. The molecule has 0 aliphatic heterocycles. The minimum absolute atomic E-state index is 0.0102. The molecule has 0 radical (unpaired) electrons. The lowest BCUT2D eigenvalue weighted by atomic mass is 9.78. The number of benzene rings is 10. The predicted octanol–water partition coefficient (Wildman–Crippen LogP) is 18.6. The quantitative estimate of drug-likeness (QED) is 0.159. The molecule has 0 N–H and O–H groups in total. The molecule has 0 saturated heterocycles. The number of anilines is 3. The summed E-state index contributed by atoms with van der Waals surface area (Å²) in [6.45, 7) is 13.9. The van der Waals surface area contributed by atoms with Crippen molar-refractivity contribution in [1.29, 1.82) is 0 Å². The van der Waals surface area contributed by atoms with Gasteiger partial charge in [-0.3, -0.25) is 0 Å². The number of hydrogen-bond donors (Lipinski definition) is 0. The monoisotopic (exact) mass is 851 g/mol. The Morgan fingerprint density at radius 3 is 1.52 bits per heavy atom. The summed E-state index contributed by atoms with van der Waals surface area (Å²) in [5.41, 5.74) is 17.2. The molecule has 320 valence electrons.